The van der Waals surface area contributed by atoms with Gasteiger partial charge in [0.05, 0.1) is 4.34 Å². The Labute approximate surface area is 107 Å². The highest BCUT2D eigenvalue weighted by Gasteiger charge is 2.72. The van der Waals surface area contributed by atoms with Crippen molar-refractivity contribution in [2.24, 2.45) is 0 Å². The Hall–Kier alpha value is -0.690. The van der Waals surface area contributed by atoms with E-state index >= 15 is 0 Å². The topological polar surface area (TPSA) is 0 Å². The number of hydrogen-bond donors (Lipinski definition) is 0. The van der Waals surface area contributed by atoms with Crippen LogP contribution >= 0.6 is 22.9 Å². The van der Waals surface area contributed by atoms with E-state index in [-0.39, 0.29) is 9.21 Å². The van der Waals surface area contributed by atoms with Crippen molar-refractivity contribution in [2.75, 3.05) is 0 Å². The molecule has 1 aromatic rings. The molecule has 0 saturated heterocycles. The maximum absolute atomic E-state index is 14.3. The molecule has 0 saturated carbocycles. The molecule has 0 aromatic carbocycles. The van der Waals surface area contributed by atoms with Gasteiger partial charge < -0.3 is 0 Å². The lowest BCUT2D eigenvalue weighted by molar-refractivity contribution is -0.136. The SMILES string of the molecule is Cc1sc(Cl)cc1C1(F)C(F)C(F)=C(F)C1(F)F. The normalized spacial score (nSPS) is 31.2. The van der Waals surface area contributed by atoms with Gasteiger partial charge in [-0.05, 0) is 13.0 Å². The fraction of sp³-hybridized carbons (Fsp3) is 0.400. The molecule has 100 valence electrons. The Morgan fingerprint density at radius 2 is 1.83 bits per heavy atom. The Morgan fingerprint density at radius 1 is 1.28 bits per heavy atom. The second kappa shape index (κ2) is 3.90. The fourth-order valence-electron chi connectivity index (χ4n) is 1.87. The van der Waals surface area contributed by atoms with Crippen molar-refractivity contribution in [1.29, 1.82) is 0 Å². The molecule has 0 amide bonds. The number of allylic oxidation sites excluding steroid dienone is 2. The van der Waals surface area contributed by atoms with Crippen molar-refractivity contribution in [3.63, 3.8) is 0 Å². The lowest BCUT2D eigenvalue weighted by Crippen LogP contribution is -2.44. The number of aryl methyl sites for hydroxylation is 1. The number of thiophene rings is 1. The molecule has 2 rings (SSSR count). The van der Waals surface area contributed by atoms with Gasteiger partial charge in [-0.15, -0.1) is 11.3 Å². The van der Waals surface area contributed by atoms with Gasteiger partial charge in [0.15, 0.2) is 12.0 Å². The summed E-state index contributed by atoms with van der Waals surface area (Å²) in [6, 6.07) is 0.758. The quantitative estimate of drug-likeness (QED) is 0.640. The fourth-order valence-corrected chi connectivity index (χ4v) is 3.11. The highest BCUT2D eigenvalue weighted by Crippen LogP contribution is 2.59. The summed E-state index contributed by atoms with van der Waals surface area (Å²) >= 11 is 6.22. The molecule has 2 unspecified atom stereocenters. The molecule has 1 aliphatic rings. The van der Waals surface area contributed by atoms with Crippen LogP contribution in [0.5, 0.6) is 0 Å². The summed E-state index contributed by atoms with van der Waals surface area (Å²) < 4.78 is 80.3. The van der Waals surface area contributed by atoms with Crippen LogP contribution in [0.15, 0.2) is 17.7 Å². The Bertz CT molecular complexity index is 536. The van der Waals surface area contributed by atoms with Crippen LogP contribution < -0.4 is 0 Å². The lowest BCUT2D eigenvalue weighted by atomic mass is 9.89. The van der Waals surface area contributed by atoms with Crippen LogP contribution in [0.1, 0.15) is 10.4 Å². The number of hydrogen-bond acceptors (Lipinski definition) is 1. The first kappa shape index (κ1) is 13.7. The molecule has 0 bridgehead atoms. The summed E-state index contributed by atoms with van der Waals surface area (Å²) in [6.45, 7) is 1.21. The predicted octanol–water partition coefficient (Wildman–Crippen LogP) is 5.01. The second-order valence-corrected chi connectivity index (χ2v) is 5.72. The van der Waals surface area contributed by atoms with Crippen molar-refractivity contribution in [3.8, 4) is 0 Å². The molecule has 1 aliphatic carbocycles. The maximum Gasteiger partial charge on any atom is 0.342 e. The maximum atomic E-state index is 14.3. The Morgan fingerprint density at radius 3 is 2.17 bits per heavy atom. The van der Waals surface area contributed by atoms with Crippen LogP contribution in [-0.2, 0) is 5.67 Å². The van der Waals surface area contributed by atoms with E-state index in [9.17, 15) is 26.3 Å². The first-order valence-electron chi connectivity index (χ1n) is 4.67. The molecular formula is C10H5ClF6S. The largest absolute Gasteiger partial charge is 0.342 e. The summed E-state index contributed by atoms with van der Waals surface area (Å²) in [7, 11) is 0. The van der Waals surface area contributed by atoms with E-state index in [0.717, 1.165) is 17.4 Å². The number of rotatable bonds is 1. The standard InChI is InChI=1S/C10H5ClF6S/c1-3-4(2-5(11)18-3)9(15)7(13)6(12)8(14)10(9,16)17/h2,7H,1H3. The highest BCUT2D eigenvalue weighted by atomic mass is 35.5. The van der Waals surface area contributed by atoms with Crippen LogP contribution in [0.2, 0.25) is 4.34 Å². The monoisotopic (exact) mass is 306 g/mol. The molecule has 2 atom stereocenters. The van der Waals surface area contributed by atoms with Gasteiger partial charge in [-0.25, -0.2) is 17.6 Å². The van der Waals surface area contributed by atoms with Gasteiger partial charge in [-0.3, -0.25) is 0 Å². The minimum atomic E-state index is -4.90. The smallest absolute Gasteiger partial charge is 0.235 e. The summed E-state index contributed by atoms with van der Waals surface area (Å²) in [6.07, 6.45) is -3.39. The third-order valence-corrected chi connectivity index (χ3v) is 3.97. The van der Waals surface area contributed by atoms with Crippen molar-refractivity contribution in [3.05, 3.63) is 32.5 Å². The van der Waals surface area contributed by atoms with Crippen molar-refractivity contribution in [1.82, 2.24) is 0 Å². The minimum absolute atomic E-state index is 0.0627. The Balaban J connectivity index is 2.66. The molecule has 1 aromatic heterocycles. The van der Waals surface area contributed by atoms with E-state index in [4.69, 9.17) is 11.6 Å². The van der Waals surface area contributed by atoms with Crippen LogP contribution in [-0.4, -0.2) is 12.1 Å². The minimum Gasteiger partial charge on any atom is -0.235 e. The Kier molecular flexibility index (Phi) is 2.98. The second-order valence-electron chi connectivity index (χ2n) is 3.83. The first-order chi connectivity index (χ1) is 8.14. The van der Waals surface area contributed by atoms with Crippen molar-refractivity contribution >= 4 is 22.9 Å². The van der Waals surface area contributed by atoms with E-state index in [1.807, 2.05) is 0 Å². The molecule has 1 heterocycles. The highest BCUT2D eigenvalue weighted by molar-refractivity contribution is 7.16. The van der Waals surface area contributed by atoms with Crippen LogP contribution in [0.4, 0.5) is 26.3 Å². The van der Waals surface area contributed by atoms with Crippen molar-refractivity contribution < 1.29 is 26.3 Å². The zero-order valence-corrected chi connectivity index (χ0v) is 10.3. The van der Waals surface area contributed by atoms with E-state index in [1.54, 1.807) is 0 Å². The third kappa shape index (κ3) is 1.46. The zero-order chi connectivity index (χ0) is 13.9. The summed E-state index contributed by atoms with van der Waals surface area (Å²) in [4.78, 5) is -0.0627. The van der Waals surface area contributed by atoms with Gasteiger partial charge in [-0.1, -0.05) is 11.6 Å². The predicted molar refractivity (Wildman–Crippen MR) is 55.9 cm³/mol. The molecular weight excluding hydrogens is 302 g/mol. The zero-order valence-electron chi connectivity index (χ0n) is 8.71. The van der Waals surface area contributed by atoms with E-state index in [2.05, 4.69) is 0 Å². The third-order valence-electron chi connectivity index (χ3n) is 2.79. The van der Waals surface area contributed by atoms with Crippen LogP contribution in [0.3, 0.4) is 0 Å². The molecule has 0 N–H and O–H groups in total. The van der Waals surface area contributed by atoms with Gasteiger partial charge in [0.25, 0.3) is 0 Å². The number of alkyl halides is 4. The van der Waals surface area contributed by atoms with Crippen LogP contribution in [0.25, 0.3) is 0 Å². The molecule has 18 heavy (non-hydrogen) atoms. The molecule has 0 nitrogen and oxygen atoms in total. The summed E-state index contributed by atoms with van der Waals surface area (Å²) in [5, 5.41) is 0. The molecule has 0 aliphatic heterocycles. The average molecular weight is 307 g/mol. The molecule has 0 spiro atoms. The first-order valence-corrected chi connectivity index (χ1v) is 5.86. The van der Waals surface area contributed by atoms with Gasteiger partial charge in [0.1, 0.15) is 0 Å². The molecule has 0 radical (unpaired) electrons. The van der Waals surface area contributed by atoms with E-state index < -0.39 is 35.0 Å². The van der Waals surface area contributed by atoms with Crippen LogP contribution in [0, 0.1) is 6.92 Å². The van der Waals surface area contributed by atoms with Crippen molar-refractivity contribution in [2.45, 2.75) is 24.7 Å². The molecule has 0 fully saturated rings. The average Bonchev–Trinajstić information content (AvgIpc) is 2.68. The van der Waals surface area contributed by atoms with E-state index in [0.29, 0.717) is 0 Å². The molecule has 8 heteroatoms. The number of halogens is 7. The summed E-state index contributed by atoms with van der Waals surface area (Å²) in [5.41, 5.74) is -4.94. The van der Waals surface area contributed by atoms with Gasteiger partial charge >= 0.3 is 5.92 Å². The lowest BCUT2D eigenvalue weighted by Gasteiger charge is -2.28. The van der Waals surface area contributed by atoms with E-state index in [1.165, 1.54) is 6.92 Å². The van der Waals surface area contributed by atoms with Gasteiger partial charge in [-0.2, -0.15) is 8.78 Å². The summed E-state index contributed by atoms with van der Waals surface area (Å²) in [5.74, 6) is -10.0. The van der Waals surface area contributed by atoms with Gasteiger partial charge in [0.2, 0.25) is 11.5 Å². The van der Waals surface area contributed by atoms with Gasteiger partial charge in [0, 0.05) is 10.4 Å².